The van der Waals surface area contributed by atoms with Crippen molar-refractivity contribution in [2.24, 2.45) is 11.3 Å². The summed E-state index contributed by atoms with van der Waals surface area (Å²) in [4.78, 5) is 16.7. The zero-order valence-corrected chi connectivity index (χ0v) is 15.5. The van der Waals surface area contributed by atoms with Crippen LogP contribution >= 0.6 is 0 Å². The fraction of sp³-hybridized carbons (Fsp3) is 0.850. The highest BCUT2D eigenvalue weighted by Crippen LogP contribution is 2.43. The summed E-state index contributed by atoms with van der Waals surface area (Å²) in [6.07, 6.45) is 12.5. The average Bonchev–Trinajstić information content (AvgIpc) is 2.51. The van der Waals surface area contributed by atoms with Crippen LogP contribution in [-0.2, 0) is 4.74 Å². The number of amides is 1. The van der Waals surface area contributed by atoms with Gasteiger partial charge >= 0.3 is 6.09 Å². The topological polar surface area (TPSA) is 32.8 Å². The summed E-state index contributed by atoms with van der Waals surface area (Å²) in [6, 6.07) is 0.740. The van der Waals surface area contributed by atoms with Crippen LogP contribution in [0.1, 0.15) is 59.3 Å². The number of likely N-dealkylation sites (tertiary alicyclic amines) is 2. The zero-order valence-electron chi connectivity index (χ0n) is 15.5. The SMILES string of the molecule is C#CC1CCC(N2CC3(CCN(C(=O)OC(C)(C)C)CC3)C2)CC1. The first kappa shape index (κ1) is 17.6. The molecule has 1 aliphatic carbocycles. The van der Waals surface area contributed by atoms with Gasteiger partial charge in [-0.2, -0.15) is 0 Å². The molecular weight excluding hydrogens is 300 g/mol. The lowest BCUT2D eigenvalue weighted by Gasteiger charge is -2.57. The van der Waals surface area contributed by atoms with Crippen LogP contribution in [0, 0.1) is 23.7 Å². The van der Waals surface area contributed by atoms with Gasteiger partial charge in [-0.05, 0) is 64.7 Å². The quantitative estimate of drug-likeness (QED) is 0.689. The molecule has 4 nitrogen and oxygen atoms in total. The maximum absolute atomic E-state index is 12.2. The predicted molar refractivity (Wildman–Crippen MR) is 95.6 cm³/mol. The average molecular weight is 332 g/mol. The van der Waals surface area contributed by atoms with Crippen molar-refractivity contribution >= 4 is 6.09 Å². The summed E-state index contributed by atoms with van der Waals surface area (Å²) in [5, 5.41) is 0. The number of hydrogen-bond donors (Lipinski definition) is 0. The number of carbonyl (C=O) groups is 1. The molecule has 3 rings (SSSR count). The highest BCUT2D eigenvalue weighted by Gasteiger charge is 2.47. The molecule has 3 aliphatic rings. The summed E-state index contributed by atoms with van der Waals surface area (Å²) in [7, 11) is 0. The van der Waals surface area contributed by atoms with Crippen LogP contribution in [0.5, 0.6) is 0 Å². The number of nitrogens with zero attached hydrogens (tertiary/aromatic N) is 2. The fourth-order valence-corrected chi connectivity index (χ4v) is 4.49. The molecule has 134 valence electrons. The standard InChI is InChI=1S/C20H32N2O2/c1-5-16-6-8-17(9-7-16)22-14-20(15-22)10-12-21(13-11-20)18(23)24-19(2,3)4/h1,16-17H,6-15H2,2-4H3. The van der Waals surface area contributed by atoms with Crippen molar-refractivity contribution in [3.63, 3.8) is 0 Å². The van der Waals surface area contributed by atoms with Gasteiger partial charge in [-0.1, -0.05) is 0 Å². The van der Waals surface area contributed by atoms with Crippen LogP contribution < -0.4 is 0 Å². The van der Waals surface area contributed by atoms with E-state index in [0.29, 0.717) is 11.3 Å². The fourth-order valence-electron chi connectivity index (χ4n) is 4.49. The highest BCUT2D eigenvalue weighted by atomic mass is 16.6. The molecule has 0 aromatic rings. The molecule has 0 bridgehead atoms. The molecule has 1 spiro atoms. The maximum atomic E-state index is 12.2. The Morgan fingerprint density at radius 2 is 1.71 bits per heavy atom. The largest absolute Gasteiger partial charge is 0.444 e. The van der Waals surface area contributed by atoms with E-state index in [-0.39, 0.29) is 6.09 Å². The van der Waals surface area contributed by atoms with Crippen LogP contribution in [0.3, 0.4) is 0 Å². The molecule has 3 fully saturated rings. The minimum Gasteiger partial charge on any atom is -0.444 e. The van der Waals surface area contributed by atoms with E-state index >= 15 is 0 Å². The van der Waals surface area contributed by atoms with Gasteiger partial charge in [-0.3, -0.25) is 4.90 Å². The molecule has 0 aromatic carbocycles. The number of hydrogen-bond acceptors (Lipinski definition) is 3. The Morgan fingerprint density at radius 3 is 2.21 bits per heavy atom. The van der Waals surface area contributed by atoms with Gasteiger partial charge in [0.1, 0.15) is 5.60 Å². The van der Waals surface area contributed by atoms with Crippen LogP contribution in [0.2, 0.25) is 0 Å². The third-order valence-electron chi connectivity index (χ3n) is 6.00. The summed E-state index contributed by atoms with van der Waals surface area (Å²) in [5.74, 6) is 3.43. The Labute approximate surface area is 146 Å². The molecule has 0 unspecified atom stereocenters. The Kier molecular flexibility index (Phi) is 4.84. The molecular formula is C20H32N2O2. The summed E-state index contributed by atoms with van der Waals surface area (Å²) in [6.45, 7) is 9.87. The van der Waals surface area contributed by atoms with Gasteiger partial charge in [0.15, 0.2) is 0 Å². The van der Waals surface area contributed by atoms with Gasteiger partial charge in [0.2, 0.25) is 0 Å². The van der Waals surface area contributed by atoms with Crippen LogP contribution in [-0.4, -0.2) is 53.7 Å². The molecule has 0 aromatic heterocycles. The Hall–Kier alpha value is -1.21. The molecule has 1 amide bonds. The molecule has 1 saturated carbocycles. The van der Waals surface area contributed by atoms with Crippen molar-refractivity contribution in [3.8, 4) is 12.3 Å². The van der Waals surface area contributed by atoms with Crippen LogP contribution in [0.15, 0.2) is 0 Å². The van der Waals surface area contributed by atoms with Crippen LogP contribution in [0.25, 0.3) is 0 Å². The Balaban J connectivity index is 1.42. The molecule has 24 heavy (non-hydrogen) atoms. The van der Waals surface area contributed by atoms with E-state index in [1.54, 1.807) is 0 Å². The number of terminal acetylenes is 1. The van der Waals surface area contributed by atoms with Gasteiger partial charge in [0.05, 0.1) is 0 Å². The second-order valence-electron chi connectivity index (χ2n) is 9.04. The molecule has 2 aliphatic heterocycles. The number of rotatable bonds is 1. The van der Waals surface area contributed by atoms with E-state index < -0.39 is 5.60 Å². The second-order valence-corrected chi connectivity index (χ2v) is 9.04. The van der Waals surface area contributed by atoms with Crippen molar-refractivity contribution in [2.75, 3.05) is 26.2 Å². The molecule has 2 saturated heterocycles. The minimum atomic E-state index is -0.406. The predicted octanol–water partition coefficient (Wildman–Crippen LogP) is 3.51. The first-order chi connectivity index (χ1) is 11.3. The monoisotopic (exact) mass is 332 g/mol. The van der Waals surface area contributed by atoms with Gasteiger partial charge < -0.3 is 9.64 Å². The summed E-state index contributed by atoms with van der Waals surface area (Å²) in [5.41, 5.74) is 0.0399. The molecule has 2 heterocycles. The van der Waals surface area contributed by atoms with Crippen molar-refractivity contribution in [3.05, 3.63) is 0 Å². The van der Waals surface area contributed by atoms with Gasteiger partial charge in [0, 0.05) is 38.1 Å². The third kappa shape index (κ3) is 3.88. The molecule has 0 N–H and O–H groups in total. The maximum Gasteiger partial charge on any atom is 0.410 e. The van der Waals surface area contributed by atoms with Crippen LogP contribution in [0.4, 0.5) is 4.79 Å². The lowest BCUT2D eigenvalue weighted by molar-refractivity contribution is -0.0781. The lowest BCUT2D eigenvalue weighted by atomic mass is 9.70. The van der Waals surface area contributed by atoms with E-state index in [1.807, 2.05) is 25.7 Å². The van der Waals surface area contributed by atoms with Crippen molar-refractivity contribution in [2.45, 2.75) is 70.9 Å². The van der Waals surface area contributed by atoms with E-state index in [1.165, 1.54) is 38.8 Å². The van der Waals surface area contributed by atoms with E-state index in [9.17, 15) is 4.79 Å². The van der Waals surface area contributed by atoms with E-state index in [4.69, 9.17) is 11.2 Å². The first-order valence-electron chi connectivity index (χ1n) is 9.48. The normalized spacial score (nSPS) is 30.5. The third-order valence-corrected chi connectivity index (χ3v) is 6.00. The van der Waals surface area contributed by atoms with Crippen molar-refractivity contribution < 1.29 is 9.53 Å². The van der Waals surface area contributed by atoms with Crippen molar-refractivity contribution in [1.29, 1.82) is 0 Å². The Morgan fingerprint density at radius 1 is 1.12 bits per heavy atom. The van der Waals surface area contributed by atoms with Gasteiger partial charge in [-0.25, -0.2) is 4.79 Å². The van der Waals surface area contributed by atoms with E-state index in [0.717, 1.165) is 32.0 Å². The zero-order chi connectivity index (χ0) is 17.4. The molecule has 0 atom stereocenters. The van der Waals surface area contributed by atoms with Crippen molar-refractivity contribution in [1.82, 2.24) is 9.80 Å². The number of ether oxygens (including phenoxy) is 1. The van der Waals surface area contributed by atoms with Gasteiger partial charge in [0.25, 0.3) is 0 Å². The van der Waals surface area contributed by atoms with Gasteiger partial charge in [-0.15, -0.1) is 12.3 Å². The summed E-state index contributed by atoms with van der Waals surface area (Å²) >= 11 is 0. The minimum absolute atomic E-state index is 0.152. The number of carbonyl (C=O) groups excluding carboxylic acids is 1. The molecule has 4 heteroatoms. The second kappa shape index (κ2) is 6.59. The molecule has 0 radical (unpaired) electrons. The Bertz CT molecular complexity index is 493. The summed E-state index contributed by atoms with van der Waals surface area (Å²) < 4.78 is 5.49. The smallest absolute Gasteiger partial charge is 0.410 e. The number of piperidine rings is 1. The van der Waals surface area contributed by atoms with E-state index in [2.05, 4.69) is 10.8 Å². The first-order valence-corrected chi connectivity index (χ1v) is 9.48. The lowest BCUT2D eigenvalue weighted by Crippen LogP contribution is -2.63. The highest BCUT2D eigenvalue weighted by molar-refractivity contribution is 5.68.